The summed E-state index contributed by atoms with van der Waals surface area (Å²) in [5, 5.41) is 11.4. The number of thiazole rings is 1. The molecule has 0 amide bonds. The standard InChI is InChI=1S/C11H12N2O2S/c12-11-13-9(7-16-11)6-15-10-3-1-2-8(4-10)5-14/h1-4,7,14H,5-6H2,(H2,12,13). The SMILES string of the molecule is Nc1nc(COc2cccc(CO)c2)cs1. The molecule has 0 radical (unpaired) electrons. The first-order chi connectivity index (χ1) is 7.78. The highest BCUT2D eigenvalue weighted by Crippen LogP contribution is 2.16. The average molecular weight is 236 g/mol. The zero-order chi connectivity index (χ0) is 11.4. The molecule has 0 saturated carbocycles. The van der Waals surface area contributed by atoms with Crippen LogP contribution in [0.1, 0.15) is 11.3 Å². The van der Waals surface area contributed by atoms with Crippen molar-refractivity contribution < 1.29 is 9.84 Å². The number of nitrogens with two attached hydrogens (primary N) is 1. The zero-order valence-corrected chi connectivity index (χ0v) is 9.41. The molecule has 2 rings (SSSR count). The number of ether oxygens (including phenoxy) is 1. The molecule has 0 aliphatic rings. The third kappa shape index (κ3) is 2.71. The smallest absolute Gasteiger partial charge is 0.180 e. The highest BCUT2D eigenvalue weighted by atomic mass is 32.1. The van der Waals surface area contributed by atoms with Crippen LogP contribution in [0.4, 0.5) is 5.13 Å². The summed E-state index contributed by atoms with van der Waals surface area (Å²) in [6.07, 6.45) is 0. The van der Waals surface area contributed by atoms with E-state index in [0.29, 0.717) is 11.7 Å². The van der Waals surface area contributed by atoms with Crippen molar-refractivity contribution in [2.45, 2.75) is 13.2 Å². The molecule has 0 bridgehead atoms. The van der Waals surface area contributed by atoms with Crippen molar-refractivity contribution in [1.82, 2.24) is 4.98 Å². The molecular weight excluding hydrogens is 224 g/mol. The summed E-state index contributed by atoms with van der Waals surface area (Å²) < 4.78 is 5.53. The molecule has 16 heavy (non-hydrogen) atoms. The van der Waals surface area contributed by atoms with Gasteiger partial charge in [0.2, 0.25) is 0 Å². The first kappa shape index (κ1) is 10.9. The molecule has 0 atom stereocenters. The lowest BCUT2D eigenvalue weighted by molar-refractivity contribution is 0.277. The van der Waals surface area contributed by atoms with Crippen molar-refractivity contribution >= 4 is 16.5 Å². The number of hydrogen-bond donors (Lipinski definition) is 2. The number of aromatic nitrogens is 1. The van der Waals surface area contributed by atoms with E-state index in [4.69, 9.17) is 15.6 Å². The van der Waals surface area contributed by atoms with Gasteiger partial charge in [0, 0.05) is 5.38 Å². The van der Waals surface area contributed by atoms with Gasteiger partial charge < -0.3 is 15.6 Å². The van der Waals surface area contributed by atoms with Crippen molar-refractivity contribution in [3.05, 3.63) is 40.9 Å². The van der Waals surface area contributed by atoms with Gasteiger partial charge in [0.05, 0.1) is 12.3 Å². The predicted octanol–water partition coefficient (Wildman–Crippen LogP) is 1.80. The van der Waals surface area contributed by atoms with Crippen LogP contribution in [-0.2, 0) is 13.2 Å². The Morgan fingerprint density at radius 3 is 3.00 bits per heavy atom. The Kier molecular flexibility index (Phi) is 3.38. The monoisotopic (exact) mass is 236 g/mol. The van der Waals surface area contributed by atoms with E-state index >= 15 is 0 Å². The second kappa shape index (κ2) is 4.96. The Bertz CT molecular complexity index is 471. The molecule has 2 aromatic rings. The lowest BCUT2D eigenvalue weighted by Crippen LogP contribution is -1.97. The maximum absolute atomic E-state index is 8.97. The van der Waals surface area contributed by atoms with Gasteiger partial charge in [-0.25, -0.2) is 4.98 Å². The molecule has 0 unspecified atom stereocenters. The Labute approximate surface area is 97.3 Å². The summed E-state index contributed by atoms with van der Waals surface area (Å²) in [5.41, 5.74) is 7.16. The van der Waals surface area contributed by atoms with Gasteiger partial charge >= 0.3 is 0 Å². The lowest BCUT2D eigenvalue weighted by atomic mass is 10.2. The van der Waals surface area contributed by atoms with E-state index in [1.165, 1.54) is 11.3 Å². The highest BCUT2D eigenvalue weighted by molar-refractivity contribution is 7.13. The van der Waals surface area contributed by atoms with Gasteiger partial charge in [0.1, 0.15) is 12.4 Å². The molecule has 0 spiro atoms. The molecule has 3 N–H and O–H groups in total. The number of benzene rings is 1. The normalized spacial score (nSPS) is 10.3. The van der Waals surface area contributed by atoms with Gasteiger partial charge in [-0.15, -0.1) is 11.3 Å². The molecule has 84 valence electrons. The maximum atomic E-state index is 8.97. The second-order valence-corrected chi connectivity index (χ2v) is 4.16. The van der Waals surface area contributed by atoms with Crippen molar-refractivity contribution in [2.24, 2.45) is 0 Å². The summed E-state index contributed by atoms with van der Waals surface area (Å²) in [6.45, 7) is 0.406. The summed E-state index contributed by atoms with van der Waals surface area (Å²) >= 11 is 1.39. The molecule has 1 aromatic carbocycles. The van der Waals surface area contributed by atoms with Gasteiger partial charge in [0.15, 0.2) is 5.13 Å². The topological polar surface area (TPSA) is 68.4 Å². The molecule has 0 aliphatic carbocycles. The van der Waals surface area contributed by atoms with E-state index in [1.54, 1.807) is 6.07 Å². The summed E-state index contributed by atoms with van der Waals surface area (Å²) in [5.74, 6) is 0.720. The van der Waals surface area contributed by atoms with Crippen LogP contribution in [0, 0.1) is 0 Å². The summed E-state index contributed by atoms with van der Waals surface area (Å²) in [4.78, 5) is 4.09. The van der Waals surface area contributed by atoms with Crippen LogP contribution in [0.3, 0.4) is 0 Å². The molecule has 5 heteroatoms. The average Bonchev–Trinajstić information content (AvgIpc) is 2.73. The van der Waals surface area contributed by atoms with E-state index in [0.717, 1.165) is 17.0 Å². The minimum atomic E-state index is 0.0147. The third-order valence-corrected chi connectivity index (χ3v) is 2.76. The number of aliphatic hydroxyl groups is 1. The fourth-order valence-electron chi connectivity index (χ4n) is 1.28. The molecule has 0 aliphatic heterocycles. The van der Waals surface area contributed by atoms with Crippen LogP contribution in [0.5, 0.6) is 5.75 Å². The second-order valence-electron chi connectivity index (χ2n) is 3.27. The van der Waals surface area contributed by atoms with Crippen LogP contribution in [0.2, 0.25) is 0 Å². The molecule has 1 heterocycles. The van der Waals surface area contributed by atoms with E-state index < -0.39 is 0 Å². The number of nitrogen functional groups attached to an aromatic ring is 1. The van der Waals surface area contributed by atoms with E-state index in [-0.39, 0.29) is 6.61 Å². The number of hydrogen-bond acceptors (Lipinski definition) is 5. The van der Waals surface area contributed by atoms with Crippen LogP contribution in [0.25, 0.3) is 0 Å². The first-order valence-electron chi connectivity index (χ1n) is 4.80. The number of anilines is 1. The summed E-state index contributed by atoms with van der Waals surface area (Å²) in [7, 11) is 0. The number of nitrogens with zero attached hydrogens (tertiary/aromatic N) is 1. The Hall–Kier alpha value is -1.59. The Morgan fingerprint density at radius 2 is 2.31 bits per heavy atom. The summed E-state index contributed by atoms with van der Waals surface area (Å²) in [6, 6.07) is 7.33. The van der Waals surface area contributed by atoms with Crippen LogP contribution in [0.15, 0.2) is 29.6 Å². The Morgan fingerprint density at radius 1 is 1.44 bits per heavy atom. The minimum absolute atomic E-state index is 0.0147. The molecule has 0 saturated heterocycles. The van der Waals surface area contributed by atoms with E-state index in [1.807, 2.05) is 23.6 Å². The fourth-order valence-corrected chi connectivity index (χ4v) is 1.83. The van der Waals surface area contributed by atoms with E-state index in [9.17, 15) is 0 Å². The van der Waals surface area contributed by atoms with Gasteiger partial charge in [0.25, 0.3) is 0 Å². The first-order valence-corrected chi connectivity index (χ1v) is 5.68. The van der Waals surface area contributed by atoms with Crippen molar-refractivity contribution in [1.29, 1.82) is 0 Å². The fraction of sp³-hybridized carbons (Fsp3) is 0.182. The van der Waals surface area contributed by atoms with Crippen molar-refractivity contribution in [3.63, 3.8) is 0 Å². The van der Waals surface area contributed by atoms with Crippen LogP contribution >= 0.6 is 11.3 Å². The molecule has 1 aromatic heterocycles. The highest BCUT2D eigenvalue weighted by Gasteiger charge is 2.00. The zero-order valence-electron chi connectivity index (χ0n) is 8.59. The molecule has 4 nitrogen and oxygen atoms in total. The Balaban J connectivity index is 1.99. The quantitative estimate of drug-likeness (QED) is 0.849. The molecule has 0 fully saturated rings. The van der Waals surface area contributed by atoms with Crippen molar-refractivity contribution in [2.75, 3.05) is 5.73 Å². The van der Waals surface area contributed by atoms with Crippen molar-refractivity contribution in [3.8, 4) is 5.75 Å². The van der Waals surface area contributed by atoms with Crippen LogP contribution < -0.4 is 10.5 Å². The van der Waals surface area contributed by atoms with Gasteiger partial charge in [-0.3, -0.25) is 0 Å². The predicted molar refractivity (Wildman–Crippen MR) is 63.2 cm³/mol. The maximum Gasteiger partial charge on any atom is 0.180 e. The number of aliphatic hydroxyl groups excluding tert-OH is 1. The lowest BCUT2D eigenvalue weighted by Gasteiger charge is -2.05. The van der Waals surface area contributed by atoms with Gasteiger partial charge in [-0.05, 0) is 17.7 Å². The minimum Gasteiger partial charge on any atom is -0.487 e. The van der Waals surface area contributed by atoms with E-state index in [2.05, 4.69) is 4.98 Å². The van der Waals surface area contributed by atoms with Gasteiger partial charge in [-0.1, -0.05) is 12.1 Å². The largest absolute Gasteiger partial charge is 0.487 e. The number of rotatable bonds is 4. The molecular formula is C11H12N2O2S. The van der Waals surface area contributed by atoms with Gasteiger partial charge in [-0.2, -0.15) is 0 Å². The third-order valence-electron chi connectivity index (χ3n) is 2.04. The van der Waals surface area contributed by atoms with Crippen LogP contribution in [-0.4, -0.2) is 10.1 Å².